The third-order valence-corrected chi connectivity index (χ3v) is 33.5. The number of hydrogen-bond donors (Lipinski definition) is 0. The molecule has 0 atom stereocenters. The number of nitrogens with zero attached hydrogens (tertiary/aromatic N) is 6. The van der Waals surface area contributed by atoms with E-state index in [-0.39, 0.29) is 21.7 Å². The Morgan fingerprint density at radius 3 is 1.15 bits per heavy atom. The predicted octanol–water partition coefficient (Wildman–Crippen LogP) is 32.6. The lowest BCUT2D eigenvalue weighted by molar-refractivity contribution is -0.661. The van der Waals surface area contributed by atoms with Crippen molar-refractivity contribution in [3.05, 3.63) is 343 Å². The number of pyridine rings is 6. The van der Waals surface area contributed by atoms with Crippen molar-refractivity contribution in [2.45, 2.75) is 236 Å². The molecule has 5 aliphatic carbocycles. The minimum absolute atomic E-state index is 0.0343. The molecule has 0 N–H and O–H groups in total. The first-order valence-electron chi connectivity index (χ1n) is 51.2. The summed E-state index contributed by atoms with van der Waals surface area (Å²) in [6.07, 6.45) is 18.1. The molecule has 0 amide bonds. The first kappa shape index (κ1) is 91.4. The highest BCUT2D eigenvalue weighted by atomic mass is 16.3. The summed E-state index contributed by atoms with van der Waals surface area (Å²) in [5.74, 6) is 1.91. The van der Waals surface area contributed by atoms with Gasteiger partial charge in [0.15, 0.2) is 36.0 Å². The lowest BCUT2D eigenvalue weighted by atomic mass is 9.74. The van der Waals surface area contributed by atoms with E-state index in [1.165, 1.54) is 243 Å². The minimum atomic E-state index is -0.116. The smallest absolute Gasteiger partial charge is 0.227 e. The molecule has 0 unspecified atom stereocenters. The zero-order valence-corrected chi connectivity index (χ0v) is 86.8. The van der Waals surface area contributed by atoms with Gasteiger partial charge < -0.3 is 17.7 Å². The maximum Gasteiger partial charge on any atom is 0.227 e. The lowest BCUT2D eigenvalue weighted by Crippen LogP contribution is -2.32. The fourth-order valence-corrected chi connectivity index (χ4v) is 26.3. The van der Waals surface area contributed by atoms with Crippen molar-refractivity contribution in [1.82, 2.24) is 9.97 Å². The largest absolute Gasteiger partial charge is 0.454 e. The molecule has 1 spiro atoms. The van der Waals surface area contributed by atoms with Crippen LogP contribution in [-0.2, 0) is 49.9 Å². The van der Waals surface area contributed by atoms with Crippen molar-refractivity contribution < 1.29 is 35.9 Å². The van der Waals surface area contributed by atoms with Crippen molar-refractivity contribution in [3.63, 3.8) is 0 Å². The van der Waals surface area contributed by atoms with Gasteiger partial charge in [-0.05, 0) is 217 Å². The molecule has 1 fully saturated rings. The average molecular weight is 1840 g/mol. The first-order chi connectivity index (χ1) is 67.1. The normalized spacial score (nSPS) is 14.6. The van der Waals surface area contributed by atoms with Gasteiger partial charge in [-0.2, -0.15) is 0 Å². The van der Waals surface area contributed by atoms with Crippen LogP contribution < -0.4 is 18.3 Å². The van der Waals surface area contributed by atoms with Crippen LogP contribution in [0.5, 0.6) is 0 Å². The Balaban J connectivity index is 0.000000107. The number of fused-ring (bicyclic) bond motifs is 29. The SMILES string of the molecule is CCC1(CC)c2ccccc2-c2c1ccc1c2oc2c(-c3cc(C(C)C)c(C)c[n+]3C)c(C)ccc21.Cc1c[n+](C)c(-c2c(C)ccc3c2oc2c4c(ccc23)C(C)(C)c2ccccc2-4)cc1C(C)C.Cc1cc(-c2c(C)ccc3c2oc2nc4c(cc23)-c2ccccc2C42CCCC2)[n+](C)cc1C(C)C.Cc1cc(-c2c(C)ccc3c2oc2ncc4c(c23)C(C)(C)c2ccccc2-4)[n+](C)cc1C(C)C. The number of benzene rings is 10. The monoisotopic (exact) mass is 1840 g/mol. The molecule has 20 aromatic rings. The molecule has 0 saturated heterocycles. The van der Waals surface area contributed by atoms with Crippen LogP contribution >= 0.6 is 0 Å². The van der Waals surface area contributed by atoms with Gasteiger partial charge in [0.25, 0.3) is 0 Å². The molecule has 10 aromatic carbocycles. The Kier molecular flexibility index (Phi) is 21.9. The number of aromatic nitrogens is 6. The minimum Gasteiger partial charge on any atom is -0.454 e. The van der Waals surface area contributed by atoms with Gasteiger partial charge in [-0.3, -0.25) is 0 Å². The number of rotatable bonds is 10. The molecule has 10 heterocycles. The van der Waals surface area contributed by atoms with E-state index in [9.17, 15) is 0 Å². The predicted molar refractivity (Wildman–Crippen MR) is 578 cm³/mol. The molecule has 0 aliphatic heterocycles. The highest BCUT2D eigenvalue weighted by molar-refractivity contribution is 6.18. The van der Waals surface area contributed by atoms with Crippen LogP contribution in [0.25, 0.3) is 178 Å². The van der Waals surface area contributed by atoms with Crippen molar-refractivity contribution in [2.24, 2.45) is 28.2 Å². The molecule has 702 valence electrons. The number of aryl methyl sites for hydroxylation is 12. The van der Waals surface area contributed by atoms with E-state index in [1.807, 2.05) is 6.20 Å². The second kappa shape index (κ2) is 33.5. The van der Waals surface area contributed by atoms with Crippen LogP contribution in [-0.4, -0.2) is 9.97 Å². The Morgan fingerprint density at radius 2 is 0.671 bits per heavy atom. The zero-order valence-electron chi connectivity index (χ0n) is 86.8. The van der Waals surface area contributed by atoms with E-state index < -0.39 is 0 Å². The van der Waals surface area contributed by atoms with Crippen LogP contribution in [0.4, 0.5) is 0 Å². The topological polar surface area (TPSA) is 93.9 Å². The molecule has 140 heavy (non-hydrogen) atoms. The summed E-state index contributed by atoms with van der Waals surface area (Å²) < 4.78 is 36.1. The molecular formula is C130H132N6O4+4. The van der Waals surface area contributed by atoms with Gasteiger partial charge in [-0.25, -0.2) is 28.2 Å². The van der Waals surface area contributed by atoms with Crippen molar-refractivity contribution >= 4 is 88.0 Å². The third-order valence-electron chi connectivity index (χ3n) is 33.5. The van der Waals surface area contributed by atoms with Crippen molar-refractivity contribution in [3.8, 4) is 89.5 Å². The van der Waals surface area contributed by atoms with Crippen LogP contribution in [0, 0.1) is 55.4 Å². The molecule has 0 bridgehead atoms. The maximum absolute atomic E-state index is 6.97. The molecule has 25 rings (SSSR count). The molecule has 10 aromatic heterocycles. The van der Waals surface area contributed by atoms with Gasteiger partial charge >= 0.3 is 0 Å². The van der Waals surface area contributed by atoms with E-state index in [0.717, 1.165) is 84.9 Å². The van der Waals surface area contributed by atoms with Gasteiger partial charge in [0.05, 0.1) is 33.3 Å². The molecule has 1 saturated carbocycles. The van der Waals surface area contributed by atoms with Crippen molar-refractivity contribution in [1.29, 1.82) is 0 Å². The van der Waals surface area contributed by atoms with E-state index in [0.29, 0.717) is 23.7 Å². The van der Waals surface area contributed by atoms with E-state index in [1.54, 1.807) is 0 Å². The highest BCUT2D eigenvalue weighted by Gasteiger charge is 2.49. The lowest BCUT2D eigenvalue weighted by Gasteiger charge is -2.29. The summed E-state index contributed by atoms with van der Waals surface area (Å²) in [6, 6.07) is 74.3. The quantitative estimate of drug-likeness (QED) is 0.127. The molecule has 10 heteroatoms. The molecule has 10 nitrogen and oxygen atoms in total. The first-order valence-corrected chi connectivity index (χ1v) is 51.2. The Morgan fingerprint density at radius 1 is 0.307 bits per heavy atom. The highest BCUT2D eigenvalue weighted by Crippen LogP contribution is 2.61. The van der Waals surface area contributed by atoms with Gasteiger partial charge in [-0.15, -0.1) is 0 Å². The average Bonchev–Trinajstić information content (AvgIpc) is 1.54. The van der Waals surface area contributed by atoms with Crippen LogP contribution in [0.2, 0.25) is 0 Å². The second-order valence-corrected chi connectivity index (χ2v) is 43.9. The van der Waals surface area contributed by atoms with E-state index in [2.05, 4.69) is 424 Å². The Labute approximate surface area is 824 Å². The second-order valence-electron chi connectivity index (χ2n) is 43.9. The summed E-state index contributed by atoms with van der Waals surface area (Å²) in [5.41, 5.74) is 53.8. The van der Waals surface area contributed by atoms with Crippen molar-refractivity contribution in [2.75, 3.05) is 0 Å². The fourth-order valence-electron chi connectivity index (χ4n) is 26.3. The Bertz CT molecular complexity index is 8630. The fraction of sp³-hybridized carbons (Fsp3) is 0.308. The van der Waals surface area contributed by atoms with Crippen LogP contribution in [0.3, 0.4) is 0 Å². The maximum atomic E-state index is 6.97. The summed E-state index contributed by atoms with van der Waals surface area (Å²) >= 11 is 0. The summed E-state index contributed by atoms with van der Waals surface area (Å²) in [5, 5.41) is 9.35. The molecular weight excluding hydrogens is 1710 g/mol. The van der Waals surface area contributed by atoms with E-state index in [4.69, 9.17) is 27.6 Å². The zero-order chi connectivity index (χ0) is 98.0. The van der Waals surface area contributed by atoms with Gasteiger partial charge in [0.2, 0.25) is 34.2 Å². The molecule has 0 radical (unpaired) electrons. The number of hydrogen-bond acceptors (Lipinski definition) is 6. The summed E-state index contributed by atoms with van der Waals surface area (Å²) in [6.45, 7) is 49.6. The van der Waals surface area contributed by atoms with Crippen LogP contribution in [0.15, 0.2) is 249 Å². The van der Waals surface area contributed by atoms with Gasteiger partial charge in [0.1, 0.15) is 50.5 Å². The standard InChI is InChI=1S/C34H36NO.C33H33N2O.C32H32NO.C31H31N2O/c1-8-34(9-2)27-13-11-10-12-25(27)31-28(34)17-16-24-23-15-14-21(5)30(32(23)36-33(24)31)29-18-26(20(3)4)22(6)19-35(29)7;1-19(2)26-18-35(5)28(16-21(26)4)29-20(3)12-13-23-25-17-24-22-10-6-7-11-27(22)33(14-8-9-15-33)31(24)34-32(25)36-30(23)29;1-18(2)24-16-27(33(7)17-20(24)4)28-19(3)12-13-21-22-14-15-26-29(31(22)34-30(21)28)23-10-8-9-11-25(23)32(26,5)6;1-17(2)23-16-33(7)25(14-19(23)4)26-18(3)12-13-21-27-28-22(15-32-30(27)34-29(21)26)20-10-8-9-11-24(20)31(28,5)6/h10-20H,8-9H2,1-7H3;6-7,10-13,16-19H,8-9,14-15H2,1-5H3;8-18H,1-7H3;8-17H,1-7H3/q4*+1. The van der Waals surface area contributed by atoms with Gasteiger partial charge in [-0.1, -0.05) is 280 Å². The number of furan rings is 4. The Hall–Kier alpha value is -13.7. The van der Waals surface area contributed by atoms with E-state index >= 15 is 0 Å². The molecule has 5 aliphatic rings. The van der Waals surface area contributed by atoms with Crippen LogP contribution in [0.1, 0.15) is 271 Å². The van der Waals surface area contributed by atoms with Gasteiger partial charge in [0, 0.05) is 134 Å². The summed E-state index contributed by atoms with van der Waals surface area (Å²) in [7, 11) is 8.58. The summed E-state index contributed by atoms with van der Waals surface area (Å²) in [4.78, 5) is 10.1. The third kappa shape index (κ3) is 13.6.